The minimum absolute atomic E-state index is 0.0632. The van der Waals surface area contributed by atoms with E-state index in [1.165, 1.54) is 20.8 Å². The molecule has 0 bridgehead atoms. The van der Waals surface area contributed by atoms with E-state index in [2.05, 4.69) is 15.2 Å². The highest BCUT2D eigenvalue weighted by atomic mass is 32.2. The van der Waals surface area contributed by atoms with Crippen LogP contribution in [0.15, 0.2) is 33.7 Å². The summed E-state index contributed by atoms with van der Waals surface area (Å²) in [6.07, 6.45) is 1.38. The van der Waals surface area contributed by atoms with Crippen LogP contribution in [-0.2, 0) is 19.6 Å². The van der Waals surface area contributed by atoms with Crippen molar-refractivity contribution in [3.05, 3.63) is 35.7 Å². The molecule has 2 amide bonds. The number of hydrogen-bond donors (Lipinski definition) is 2. The zero-order chi connectivity index (χ0) is 20.5. The summed E-state index contributed by atoms with van der Waals surface area (Å²) in [7, 11) is -3.95. The van der Waals surface area contributed by atoms with E-state index in [0.29, 0.717) is 18.7 Å². The molecular weight excluding hydrogens is 384 g/mol. The van der Waals surface area contributed by atoms with Crippen molar-refractivity contribution >= 4 is 33.2 Å². The van der Waals surface area contributed by atoms with Gasteiger partial charge in [-0.05, 0) is 51.5 Å². The molecule has 1 fully saturated rings. The SMILES string of the molecule is Cc1noc(C)c1S(=O)(=O)N[C@@H](C)C(=O)Nc1ccc(N2CCCC2=O)cc1. The maximum Gasteiger partial charge on any atom is 0.246 e. The Bertz CT molecular complexity index is 978. The summed E-state index contributed by atoms with van der Waals surface area (Å²) in [5.41, 5.74) is 1.50. The number of rotatable bonds is 6. The van der Waals surface area contributed by atoms with Crippen molar-refractivity contribution in [3.63, 3.8) is 0 Å². The first kappa shape index (κ1) is 20.0. The predicted molar refractivity (Wildman–Crippen MR) is 102 cm³/mol. The number of nitrogens with one attached hydrogen (secondary N) is 2. The third-order valence-electron chi connectivity index (χ3n) is 4.48. The van der Waals surface area contributed by atoms with Gasteiger partial charge in [-0.25, -0.2) is 8.42 Å². The van der Waals surface area contributed by atoms with Gasteiger partial charge in [-0.3, -0.25) is 9.59 Å². The molecule has 2 heterocycles. The maximum absolute atomic E-state index is 12.5. The van der Waals surface area contributed by atoms with Crippen LogP contribution in [0.4, 0.5) is 11.4 Å². The number of sulfonamides is 1. The Morgan fingerprint density at radius 2 is 1.93 bits per heavy atom. The van der Waals surface area contributed by atoms with E-state index < -0.39 is 22.0 Å². The van der Waals surface area contributed by atoms with E-state index in [1.807, 2.05) is 0 Å². The summed E-state index contributed by atoms with van der Waals surface area (Å²) in [4.78, 5) is 25.8. The molecule has 1 aromatic heterocycles. The highest BCUT2D eigenvalue weighted by molar-refractivity contribution is 7.89. The minimum Gasteiger partial charge on any atom is -0.360 e. The molecule has 2 aromatic rings. The van der Waals surface area contributed by atoms with Crippen molar-refractivity contribution < 1.29 is 22.5 Å². The lowest BCUT2D eigenvalue weighted by Crippen LogP contribution is -2.41. The smallest absolute Gasteiger partial charge is 0.246 e. The summed E-state index contributed by atoms with van der Waals surface area (Å²) in [6, 6.07) is 5.83. The molecular formula is C18H22N4O5S. The van der Waals surface area contributed by atoms with Crippen LogP contribution in [0.3, 0.4) is 0 Å². The van der Waals surface area contributed by atoms with Gasteiger partial charge in [0.15, 0.2) is 5.76 Å². The fourth-order valence-corrected chi connectivity index (χ4v) is 4.63. The number of benzene rings is 1. The van der Waals surface area contributed by atoms with Crippen molar-refractivity contribution in [3.8, 4) is 0 Å². The summed E-state index contributed by atoms with van der Waals surface area (Å²) < 4.78 is 32.2. The average Bonchev–Trinajstić information content (AvgIpc) is 3.20. The van der Waals surface area contributed by atoms with Gasteiger partial charge < -0.3 is 14.7 Å². The third-order valence-corrected chi connectivity index (χ3v) is 6.27. The molecule has 150 valence electrons. The Hall–Kier alpha value is -2.72. The second-order valence-corrected chi connectivity index (χ2v) is 8.33. The monoisotopic (exact) mass is 406 g/mol. The molecule has 0 saturated carbocycles. The molecule has 1 atom stereocenters. The van der Waals surface area contributed by atoms with Crippen molar-refractivity contribution in [1.29, 1.82) is 0 Å². The van der Waals surface area contributed by atoms with E-state index in [9.17, 15) is 18.0 Å². The minimum atomic E-state index is -3.95. The first-order chi connectivity index (χ1) is 13.2. The molecule has 10 heteroatoms. The molecule has 1 aliphatic heterocycles. The van der Waals surface area contributed by atoms with Gasteiger partial charge in [-0.1, -0.05) is 5.16 Å². The van der Waals surface area contributed by atoms with Gasteiger partial charge in [0.2, 0.25) is 21.8 Å². The number of aromatic nitrogens is 1. The molecule has 0 unspecified atom stereocenters. The average molecular weight is 406 g/mol. The van der Waals surface area contributed by atoms with Crippen LogP contribution in [-0.4, -0.2) is 38.0 Å². The zero-order valence-electron chi connectivity index (χ0n) is 15.9. The fourth-order valence-electron chi connectivity index (χ4n) is 3.10. The molecule has 0 aliphatic carbocycles. The second kappa shape index (κ2) is 7.72. The van der Waals surface area contributed by atoms with E-state index in [4.69, 9.17) is 4.52 Å². The largest absolute Gasteiger partial charge is 0.360 e. The Morgan fingerprint density at radius 1 is 1.25 bits per heavy atom. The standard InChI is InChI=1S/C18H22N4O5S/c1-11-17(13(3)27-20-11)28(25,26)21-12(2)18(24)19-14-6-8-15(9-7-14)22-10-4-5-16(22)23/h6-9,12,21H,4-5,10H2,1-3H3,(H,19,24)/t12-/m0/s1. The summed E-state index contributed by atoms with van der Waals surface area (Å²) >= 11 is 0. The Labute approximate surface area is 163 Å². The third kappa shape index (κ3) is 4.07. The molecule has 0 spiro atoms. The van der Waals surface area contributed by atoms with Crippen molar-refractivity contribution in [2.45, 2.75) is 44.6 Å². The lowest BCUT2D eigenvalue weighted by molar-refractivity contribution is -0.118. The molecule has 1 saturated heterocycles. The Kier molecular flexibility index (Phi) is 5.52. The molecule has 3 rings (SSSR count). The number of nitrogens with zero attached hydrogens (tertiary/aromatic N) is 2. The molecule has 1 aliphatic rings. The molecule has 2 N–H and O–H groups in total. The van der Waals surface area contributed by atoms with Gasteiger partial charge in [0.25, 0.3) is 0 Å². The highest BCUT2D eigenvalue weighted by Crippen LogP contribution is 2.23. The van der Waals surface area contributed by atoms with E-state index in [0.717, 1.165) is 12.1 Å². The number of aryl methyl sites for hydroxylation is 2. The topological polar surface area (TPSA) is 122 Å². The van der Waals surface area contributed by atoms with Crippen LogP contribution < -0.4 is 14.9 Å². The van der Waals surface area contributed by atoms with Crippen LogP contribution in [0, 0.1) is 13.8 Å². The number of carbonyl (C=O) groups excluding carboxylic acids is 2. The van der Waals surface area contributed by atoms with Gasteiger partial charge in [0, 0.05) is 24.3 Å². The van der Waals surface area contributed by atoms with Gasteiger partial charge in [-0.2, -0.15) is 4.72 Å². The Balaban J connectivity index is 1.65. The molecule has 1 aromatic carbocycles. The first-order valence-corrected chi connectivity index (χ1v) is 10.3. The normalized spacial score (nSPS) is 15.7. The van der Waals surface area contributed by atoms with Crippen LogP contribution in [0.25, 0.3) is 0 Å². The van der Waals surface area contributed by atoms with Crippen LogP contribution in [0.1, 0.15) is 31.2 Å². The molecule has 28 heavy (non-hydrogen) atoms. The van der Waals surface area contributed by atoms with Crippen molar-refractivity contribution in [2.75, 3.05) is 16.8 Å². The number of amides is 2. The predicted octanol–water partition coefficient (Wildman–Crippen LogP) is 1.72. The molecule has 9 nitrogen and oxygen atoms in total. The maximum atomic E-state index is 12.5. The van der Waals surface area contributed by atoms with Crippen LogP contribution in [0.5, 0.6) is 0 Å². The van der Waals surface area contributed by atoms with Gasteiger partial charge in [-0.15, -0.1) is 0 Å². The number of hydrogen-bond acceptors (Lipinski definition) is 6. The number of anilines is 2. The van der Waals surface area contributed by atoms with Crippen LogP contribution >= 0.6 is 0 Å². The van der Waals surface area contributed by atoms with Crippen molar-refractivity contribution in [1.82, 2.24) is 9.88 Å². The van der Waals surface area contributed by atoms with E-state index in [-0.39, 0.29) is 22.3 Å². The first-order valence-electron chi connectivity index (χ1n) is 8.85. The fraction of sp³-hybridized carbons (Fsp3) is 0.389. The molecule has 0 radical (unpaired) electrons. The highest BCUT2D eigenvalue weighted by Gasteiger charge is 2.28. The lowest BCUT2D eigenvalue weighted by Gasteiger charge is -2.17. The zero-order valence-corrected chi connectivity index (χ0v) is 16.7. The summed E-state index contributed by atoms with van der Waals surface area (Å²) in [5.74, 6) is -0.274. The van der Waals surface area contributed by atoms with Gasteiger partial charge in [0.1, 0.15) is 10.6 Å². The van der Waals surface area contributed by atoms with Gasteiger partial charge in [0.05, 0.1) is 6.04 Å². The summed E-state index contributed by atoms with van der Waals surface area (Å²) in [5, 5.41) is 6.29. The Morgan fingerprint density at radius 3 is 2.46 bits per heavy atom. The van der Waals surface area contributed by atoms with E-state index >= 15 is 0 Å². The van der Waals surface area contributed by atoms with Crippen LogP contribution in [0.2, 0.25) is 0 Å². The summed E-state index contributed by atoms with van der Waals surface area (Å²) in [6.45, 7) is 5.14. The van der Waals surface area contributed by atoms with Gasteiger partial charge >= 0.3 is 0 Å². The number of carbonyl (C=O) groups is 2. The van der Waals surface area contributed by atoms with Crippen molar-refractivity contribution in [2.24, 2.45) is 0 Å². The lowest BCUT2D eigenvalue weighted by atomic mass is 10.2. The second-order valence-electron chi connectivity index (χ2n) is 6.68. The quantitative estimate of drug-likeness (QED) is 0.753. The van der Waals surface area contributed by atoms with E-state index in [1.54, 1.807) is 29.2 Å².